The van der Waals surface area contributed by atoms with Crippen molar-refractivity contribution in [2.45, 2.75) is 12.2 Å². The van der Waals surface area contributed by atoms with Gasteiger partial charge in [-0.15, -0.1) is 0 Å². The van der Waals surface area contributed by atoms with E-state index in [1.807, 2.05) is 0 Å². The fraction of sp³-hybridized carbons (Fsp3) is 0.167. The minimum atomic E-state index is -4.51. The molecule has 0 aromatic heterocycles. The van der Waals surface area contributed by atoms with Crippen molar-refractivity contribution < 1.29 is 32.6 Å². The van der Waals surface area contributed by atoms with E-state index in [9.17, 15) is 27.9 Å². The molecular weight excluding hydrogens is 451 g/mol. The van der Waals surface area contributed by atoms with Gasteiger partial charge in [0, 0.05) is 17.4 Å². The number of aliphatic hydroxyl groups is 1. The van der Waals surface area contributed by atoms with Crippen molar-refractivity contribution in [2.24, 2.45) is 0 Å². The molecule has 1 atom stereocenters. The van der Waals surface area contributed by atoms with Crippen LogP contribution >= 0.6 is 0 Å². The molecule has 0 aliphatic rings. The molecule has 0 saturated carbocycles. The molecule has 178 valence electrons. The Kier molecular flexibility index (Phi) is 7.75. The van der Waals surface area contributed by atoms with E-state index in [2.05, 4.69) is 16.0 Å². The number of methoxy groups -OCH3 is 1. The molecule has 10 heteroatoms. The summed E-state index contributed by atoms with van der Waals surface area (Å²) >= 11 is 0. The van der Waals surface area contributed by atoms with Gasteiger partial charge in [0.25, 0.3) is 5.91 Å². The number of alkyl halides is 3. The van der Waals surface area contributed by atoms with Crippen LogP contribution in [0.25, 0.3) is 0 Å². The van der Waals surface area contributed by atoms with E-state index >= 15 is 0 Å². The summed E-state index contributed by atoms with van der Waals surface area (Å²) in [6, 6.07) is 15.9. The molecule has 34 heavy (non-hydrogen) atoms. The molecule has 0 unspecified atom stereocenters. The quantitative estimate of drug-likeness (QED) is 0.393. The third-order valence-corrected chi connectivity index (χ3v) is 4.78. The fourth-order valence-corrected chi connectivity index (χ4v) is 3.08. The van der Waals surface area contributed by atoms with Crippen LogP contribution in [0.15, 0.2) is 72.8 Å². The molecule has 0 bridgehead atoms. The largest absolute Gasteiger partial charge is 0.497 e. The topological polar surface area (TPSA) is 99.7 Å². The highest BCUT2D eigenvalue weighted by Crippen LogP contribution is 2.32. The van der Waals surface area contributed by atoms with E-state index in [-0.39, 0.29) is 16.9 Å². The Hall–Kier alpha value is -4.05. The fourth-order valence-electron chi connectivity index (χ4n) is 3.08. The maximum absolute atomic E-state index is 13.0. The molecule has 2 amide bonds. The number of carbonyl (C=O) groups is 2. The lowest BCUT2D eigenvalue weighted by Crippen LogP contribution is -2.46. The number of hydrogen-bond donors (Lipinski definition) is 4. The van der Waals surface area contributed by atoms with E-state index in [1.165, 1.54) is 31.4 Å². The normalized spacial score (nSPS) is 11.9. The summed E-state index contributed by atoms with van der Waals surface area (Å²) in [6.45, 7) is -0.676. The summed E-state index contributed by atoms with van der Waals surface area (Å²) in [5.41, 5.74) is -0.000959. The first-order valence-corrected chi connectivity index (χ1v) is 10.1. The monoisotopic (exact) mass is 473 g/mol. The molecule has 0 spiro atoms. The predicted molar refractivity (Wildman–Crippen MR) is 121 cm³/mol. The van der Waals surface area contributed by atoms with Gasteiger partial charge in [-0.05, 0) is 42.5 Å². The van der Waals surface area contributed by atoms with Gasteiger partial charge in [-0.25, -0.2) is 0 Å². The Morgan fingerprint density at radius 3 is 2.38 bits per heavy atom. The van der Waals surface area contributed by atoms with Crippen LogP contribution in [0.2, 0.25) is 0 Å². The summed E-state index contributed by atoms with van der Waals surface area (Å²) in [4.78, 5) is 25.4. The number of anilines is 3. The number of benzene rings is 3. The van der Waals surface area contributed by atoms with Crippen molar-refractivity contribution in [3.63, 3.8) is 0 Å². The molecule has 7 nitrogen and oxygen atoms in total. The number of amides is 2. The number of aliphatic hydroxyl groups excluding tert-OH is 1. The number of halogens is 3. The first kappa shape index (κ1) is 24.6. The van der Waals surface area contributed by atoms with E-state index in [0.717, 1.165) is 12.1 Å². The second-order valence-corrected chi connectivity index (χ2v) is 7.18. The highest BCUT2D eigenvalue weighted by Gasteiger charge is 2.30. The Bertz CT molecular complexity index is 1170. The Morgan fingerprint density at radius 1 is 0.971 bits per heavy atom. The van der Waals surface area contributed by atoms with E-state index in [4.69, 9.17) is 4.74 Å². The average molecular weight is 473 g/mol. The van der Waals surface area contributed by atoms with Crippen LogP contribution in [0, 0.1) is 0 Å². The molecule has 3 rings (SSSR count). The molecule has 0 fully saturated rings. The van der Waals surface area contributed by atoms with Crippen molar-refractivity contribution in [3.8, 4) is 5.75 Å². The van der Waals surface area contributed by atoms with E-state index in [0.29, 0.717) is 11.4 Å². The molecule has 4 N–H and O–H groups in total. The average Bonchev–Trinajstić information content (AvgIpc) is 2.82. The molecule has 0 aliphatic heterocycles. The van der Waals surface area contributed by atoms with Gasteiger partial charge in [0.05, 0.1) is 30.5 Å². The van der Waals surface area contributed by atoms with Crippen molar-refractivity contribution >= 4 is 28.9 Å². The van der Waals surface area contributed by atoms with Crippen LogP contribution in [-0.2, 0) is 11.0 Å². The molecule has 0 radical (unpaired) electrons. The lowest BCUT2D eigenvalue weighted by atomic mass is 10.1. The Balaban J connectivity index is 1.75. The lowest BCUT2D eigenvalue weighted by molar-refractivity contribution is -0.137. The minimum Gasteiger partial charge on any atom is -0.497 e. The third-order valence-electron chi connectivity index (χ3n) is 4.78. The van der Waals surface area contributed by atoms with Gasteiger partial charge in [0.1, 0.15) is 11.8 Å². The van der Waals surface area contributed by atoms with Crippen molar-refractivity contribution in [3.05, 3.63) is 83.9 Å². The SMILES string of the molecule is COc1cccc(NC(=O)[C@H](CO)NC(=O)c2ccccc2Nc2cccc(C(F)(F)F)c2)c1. The van der Waals surface area contributed by atoms with Crippen LogP contribution in [-0.4, -0.2) is 36.7 Å². The number of nitrogens with one attached hydrogen (secondary N) is 3. The number of rotatable bonds is 8. The third kappa shape index (κ3) is 6.26. The van der Waals surface area contributed by atoms with E-state index in [1.54, 1.807) is 36.4 Å². The number of carbonyl (C=O) groups excluding carboxylic acids is 2. The zero-order valence-electron chi connectivity index (χ0n) is 18.0. The Morgan fingerprint density at radius 2 is 1.68 bits per heavy atom. The van der Waals surface area contributed by atoms with Crippen LogP contribution in [0.3, 0.4) is 0 Å². The lowest BCUT2D eigenvalue weighted by Gasteiger charge is -2.18. The van der Waals surface area contributed by atoms with Crippen LogP contribution in [0.4, 0.5) is 30.2 Å². The number of para-hydroxylation sites is 1. The van der Waals surface area contributed by atoms with Crippen LogP contribution in [0.5, 0.6) is 5.75 Å². The maximum atomic E-state index is 13.0. The highest BCUT2D eigenvalue weighted by atomic mass is 19.4. The molecule has 0 aliphatic carbocycles. The van der Waals surface area contributed by atoms with Gasteiger partial charge in [0.2, 0.25) is 5.91 Å². The van der Waals surface area contributed by atoms with Crippen LogP contribution in [0.1, 0.15) is 15.9 Å². The molecule has 0 saturated heterocycles. The summed E-state index contributed by atoms with van der Waals surface area (Å²) in [6.07, 6.45) is -4.51. The van der Waals surface area contributed by atoms with Gasteiger partial charge < -0.3 is 25.8 Å². The van der Waals surface area contributed by atoms with Gasteiger partial charge >= 0.3 is 6.18 Å². The van der Waals surface area contributed by atoms with Crippen molar-refractivity contribution in [2.75, 3.05) is 24.4 Å². The van der Waals surface area contributed by atoms with Crippen molar-refractivity contribution in [1.82, 2.24) is 5.32 Å². The molecule has 0 heterocycles. The second-order valence-electron chi connectivity index (χ2n) is 7.18. The predicted octanol–water partition coefficient (Wildman–Crippen LogP) is 4.19. The summed E-state index contributed by atoms with van der Waals surface area (Å²) in [7, 11) is 1.47. The highest BCUT2D eigenvalue weighted by molar-refractivity contribution is 6.04. The van der Waals surface area contributed by atoms with Crippen LogP contribution < -0.4 is 20.7 Å². The number of ether oxygens (including phenoxy) is 1. The van der Waals surface area contributed by atoms with Gasteiger partial charge in [-0.1, -0.05) is 24.3 Å². The van der Waals surface area contributed by atoms with Gasteiger partial charge in [-0.3, -0.25) is 9.59 Å². The molecule has 3 aromatic carbocycles. The zero-order chi connectivity index (χ0) is 24.7. The van der Waals surface area contributed by atoms with Gasteiger partial charge in [0.15, 0.2) is 0 Å². The molecular formula is C24H22F3N3O4. The Labute approximate surface area is 193 Å². The number of hydrogen-bond acceptors (Lipinski definition) is 5. The zero-order valence-corrected chi connectivity index (χ0v) is 18.0. The summed E-state index contributed by atoms with van der Waals surface area (Å²) in [5, 5.41) is 17.5. The second kappa shape index (κ2) is 10.7. The smallest absolute Gasteiger partial charge is 0.416 e. The first-order valence-electron chi connectivity index (χ1n) is 10.1. The standard InChI is InChI=1S/C24H22F3N3O4/c1-34-18-9-5-8-17(13-18)29-23(33)21(14-31)30-22(32)19-10-2-3-11-20(19)28-16-7-4-6-15(12-16)24(25,26)27/h2-13,21,28,31H,14H2,1H3,(H,29,33)(H,30,32)/t21-/m0/s1. The maximum Gasteiger partial charge on any atom is 0.416 e. The minimum absolute atomic E-state index is 0.0764. The molecule has 3 aromatic rings. The summed E-state index contributed by atoms with van der Waals surface area (Å²) in [5.74, 6) is -0.848. The van der Waals surface area contributed by atoms with E-state index < -0.39 is 36.2 Å². The summed E-state index contributed by atoms with van der Waals surface area (Å²) < 4.78 is 44.1. The van der Waals surface area contributed by atoms with Crippen molar-refractivity contribution in [1.29, 1.82) is 0 Å². The first-order chi connectivity index (χ1) is 16.2. The van der Waals surface area contributed by atoms with Gasteiger partial charge in [-0.2, -0.15) is 13.2 Å².